The maximum Gasteiger partial charge on any atom is 0.274 e. The first-order valence-electron chi connectivity index (χ1n) is 6.68. The van der Waals surface area contributed by atoms with Crippen molar-refractivity contribution < 1.29 is 9.66 Å². The van der Waals surface area contributed by atoms with Gasteiger partial charge in [-0.1, -0.05) is 19.3 Å². The van der Waals surface area contributed by atoms with Gasteiger partial charge < -0.3 is 10.5 Å². The molecule has 2 rings (SSSR count). The fraction of sp³-hybridized carbons (Fsp3) is 0.429. The van der Waals surface area contributed by atoms with Gasteiger partial charge in [0.2, 0.25) is 11.6 Å². The van der Waals surface area contributed by atoms with Crippen LogP contribution < -0.4 is 5.32 Å². The molecule has 6 heteroatoms. The number of azo groups is 1. The topological polar surface area (TPSA) is 91.3 Å². The third kappa shape index (κ3) is 3.54. The Kier molecular flexibility index (Phi) is 4.66. The lowest BCUT2D eigenvalue weighted by Crippen LogP contribution is -2.24. The Balaban J connectivity index is 1.98. The number of benzene rings is 1. The lowest BCUT2D eigenvalue weighted by molar-refractivity contribution is -0.435. The summed E-state index contributed by atoms with van der Waals surface area (Å²) in [7, 11) is 0. The van der Waals surface area contributed by atoms with E-state index in [2.05, 4.69) is 10.4 Å². The molecule has 20 heavy (non-hydrogen) atoms. The largest absolute Gasteiger partial charge is 0.593 e. The van der Waals surface area contributed by atoms with E-state index in [0.29, 0.717) is 5.69 Å². The van der Waals surface area contributed by atoms with Crippen LogP contribution in [0.5, 0.6) is 0 Å². The number of amides is 1. The van der Waals surface area contributed by atoms with Crippen LogP contribution in [0.15, 0.2) is 29.4 Å². The highest BCUT2D eigenvalue weighted by molar-refractivity contribution is 5.92. The third-order valence-corrected chi connectivity index (χ3v) is 3.47. The van der Waals surface area contributed by atoms with E-state index in [1.54, 1.807) is 12.1 Å². The van der Waals surface area contributed by atoms with E-state index in [9.17, 15) is 10.0 Å². The van der Waals surface area contributed by atoms with Gasteiger partial charge in [0.1, 0.15) is 0 Å². The van der Waals surface area contributed by atoms with Crippen molar-refractivity contribution >= 4 is 17.3 Å². The summed E-state index contributed by atoms with van der Waals surface area (Å²) in [6, 6.07) is 6.30. The molecule has 0 heterocycles. The first kappa shape index (κ1) is 14.0. The molecular formula is C14H16N4O2. The highest BCUT2D eigenvalue weighted by Gasteiger charge is 2.21. The molecule has 0 bridgehead atoms. The number of anilines is 1. The Morgan fingerprint density at radius 3 is 2.55 bits per heavy atom. The maximum absolute atomic E-state index is 12.0. The van der Waals surface area contributed by atoms with Crippen LogP contribution in [0.25, 0.3) is 0 Å². The summed E-state index contributed by atoms with van der Waals surface area (Å²) in [5.74, 6) is 0.131. The Labute approximate surface area is 117 Å². The molecule has 0 unspecified atom stereocenters. The average Bonchev–Trinajstić information content (AvgIpc) is 2.49. The Bertz CT molecular complexity index is 539. The quantitative estimate of drug-likeness (QED) is 0.396. The third-order valence-electron chi connectivity index (χ3n) is 3.47. The molecule has 0 aliphatic heterocycles. The van der Waals surface area contributed by atoms with Crippen molar-refractivity contribution in [1.29, 1.82) is 5.26 Å². The van der Waals surface area contributed by atoms with Crippen LogP contribution in [0.3, 0.4) is 0 Å². The van der Waals surface area contributed by atoms with E-state index in [0.717, 1.165) is 25.7 Å². The normalized spacial score (nSPS) is 16.4. The van der Waals surface area contributed by atoms with Crippen LogP contribution in [-0.2, 0) is 4.79 Å². The Morgan fingerprint density at radius 2 is 1.95 bits per heavy atom. The number of carbonyl (C=O) groups is 1. The first-order valence-corrected chi connectivity index (χ1v) is 6.68. The fourth-order valence-electron chi connectivity index (χ4n) is 2.38. The standard InChI is InChI=1S/C14H16N4O2/c15-10-16-18(20)13-8-6-12(7-9-13)17-14(19)11-4-2-1-3-5-11/h6-9,11H,1-5H2,(H,17,19). The van der Waals surface area contributed by atoms with Crippen molar-refractivity contribution in [2.75, 3.05) is 5.32 Å². The van der Waals surface area contributed by atoms with Gasteiger partial charge in [0.15, 0.2) is 0 Å². The highest BCUT2D eigenvalue weighted by Crippen LogP contribution is 2.25. The Morgan fingerprint density at radius 1 is 1.30 bits per heavy atom. The van der Waals surface area contributed by atoms with Crippen LogP contribution >= 0.6 is 0 Å². The van der Waals surface area contributed by atoms with E-state index in [-0.39, 0.29) is 22.4 Å². The molecule has 1 fully saturated rings. The molecular weight excluding hydrogens is 256 g/mol. The number of nitriles is 1. The molecule has 1 aromatic carbocycles. The smallest absolute Gasteiger partial charge is 0.274 e. The van der Waals surface area contributed by atoms with E-state index >= 15 is 0 Å². The van der Waals surface area contributed by atoms with Crippen molar-refractivity contribution in [3.8, 4) is 6.19 Å². The minimum atomic E-state index is 0.0399. The summed E-state index contributed by atoms with van der Waals surface area (Å²) < 4.78 is 0. The molecule has 0 atom stereocenters. The number of rotatable bonds is 3. The monoisotopic (exact) mass is 272 g/mol. The molecule has 1 aliphatic carbocycles. The zero-order valence-corrected chi connectivity index (χ0v) is 11.1. The predicted octanol–water partition coefficient (Wildman–Crippen LogP) is 3.28. The Hall–Kier alpha value is -2.42. The molecule has 0 radical (unpaired) electrons. The molecule has 1 amide bonds. The van der Waals surface area contributed by atoms with Crippen LogP contribution in [0.1, 0.15) is 32.1 Å². The number of carbonyl (C=O) groups excluding carboxylic acids is 1. The van der Waals surface area contributed by atoms with E-state index in [4.69, 9.17) is 5.26 Å². The van der Waals surface area contributed by atoms with E-state index in [1.165, 1.54) is 24.7 Å². The molecule has 6 nitrogen and oxygen atoms in total. The summed E-state index contributed by atoms with van der Waals surface area (Å²) in [6.45, 7) is 0. The van der Waals surface area contributed by atoms with Gasteiger partial charge in [-0.15, -0.1) is 0 Å². The fourth-order valence-corrected chi connectivity index (χ4v) is 2.38. The second kappa shape index (κ2) is 6.66. The second-order valence-electron chi connectivity index (χ2n) is 4.84. The van der Waals surface area contributed by atoms with Gasteiger partial charge in [0.25, 0.3) is 6.19 Å². The van der Waals surface area contributed by atoms with E-state index in [1.807, 2.05) is 0 Å². The number of nitrogens with zero attached hydrogens (tertiary/aromatic N) is 3. The summed E-state index contributed by atoms with van der Waals surface area (Å²) >= 11 is 0. The van der Waals surface area contributed by atoms with Gasteiger partial charge >= 0.3 is 0 Å². The zero-order valence-electron chi connectivity index (χ0n) is 11.1. The van der Waals surface area contributed by atoms with Crippen molar-refractivity contribution in [1.82, 2.24) is 0 Å². The van der Waals surface area contributed by atoms with Crippen molar-refractivity contribution in [3.05, 3.63) is 29.5 Å². The van der Waals surface area contributed by atoms with Crippen LogP contribution in [0, 0.1) is 22.6 Å². The summed E-state index contributed by atoms with van der Waals surface area (Å²) in [6.07, 6.45) is 6.74. The molecule has 0 spiro atoms. The van der Waals surface area contributed by atoms with Gasteiger partial charge in [-0.2, -0.15) is 5.26 Å². The van der Waals surface area contributed by atoms with Crippen LogP contribution in [-0.4, -0.2) is 10.8 Å². The highest BCUT2D eigenvalue weighted by atomic mass is 16.5. The number of hydrogen-bond donors (Lipinski definition) is 1. The molecule has 0 saturated heterocycles. The van der Waals surface area contributed by atoms with Crippen molar-refractivity contribution in [2.24, 2.45) is 11.0 Å². The van der Waals surface area contributed by atoms with Gasteiger partial charge in [0.05, 0.1) is 5.11 Å². The first-order chi connectivity index (χ1) is 9.70. The molecule has 1 aliphatic rings. The van der Waals surface area contributed by atoms with Crippen LogP contribution in [0.4, 0.5) is 11.4 Å². The average molecular weight is 272 g/mol. The number of hydrogen-bond acceptors (Lipinski definition) is 4. The lowest BCUT2D eigenvalue weighted by atomic mass is 9.88. The van der Waals surface area contributed by atoms with Crippen LogP contribution in [0.2, 0.25) is 0 Å². The molecule has 1 aromatic rings. The molecule has 0 aromatic heterocycles. The van der Waals surface area contributed by atoms with E-state index < -0.39 is 0 Å². The minimum Gasteiger partial charge on any atom is -0.593 e. The van der Waals surface area contributed by atoms with Gasteiger partial charge in [0, 0.05) is 23.7 Å². The maximum atomic E-state index is 12.0. The summed E-state index contributed by atoms with van der Waals surface area (Å²) in [5, 5.41) is 25.5. The molecule has 104 valence electrons. The van der Waals surface area contributed by atoms with Gasteiger partial charge in [-0.3, -0.25) is 4.79 Å². The lowest BCUT2D eigenvalue weighted by Gasteiger charge is -2.20. The number of nitrogens with one attached hydrogen (secondary N) is 1. The zero-order chi connectivity index (χ0) is 14.4. The van der Waals surface area contributed by atoms with Crippen molar-refractivity contribution in [2.45, 2.75) is 32.1 Å². The summed E-state index contributed by atoms with van der Waals surface area (Å²) in [5.41, 5.74) is 0.900. The summed E-state index contributed by atoms with van der Waals surface area (Å²) in [4.78, 5) is 12.3. The SMILES string of the molecule is N#CN=[N+]([O-])c1ccc(NC(=O)C2CCCCC2)cc1. The minimum absolute atomic E-state index is 0.0399. The molecule has 1 saturated carbocycles. The van der Waals surface area contributed by atoms with Crippen molar-refractivity contribution in [3.63, 3.8) is 0 Å². The predicted molar refractivity (Wildman–Crippen MR) is 73.0 cm³/mol. The second-order valence-corrected chi connectivity index (χ2v) is 4.84. The van der Waals surface area contributed by atoms with Gasteiger partial charge in [-0.25, -0.2) is 0 Å². The molecule has 1 N–H and O–H groups in total. The van der Waals surface area contributed by atoms with Gasteiger partial charge in [-0.05, 0) is 29.8 Å².